The fraction of sp³-hybridized carbons (Fsp3) is 0.143. The van der Waals surface area contributed by atoms with E-state index in [-0.39, 0.29) is 0 Å². The van der Waals surface area contributed by atoms with E-state index in [1.54, 1.807) is 18.3 Å². The van der Waals surface area contributed by atoms with E-state index in [2.05, 4.69) is 9.97 Å². The van der Waals surface area contributed by atoms with Gasteiger partial charge in [-0.05, 0) is 30.3 Å². The minimum absolute atomic E-state index is 0.558. The number of aromatic nitrogens is 2. The second-order valence-electron chi connectivity index (χ2n) is 4.29. The van der Waals surface area contributed by atoms with Gasteiger partial charge in [0.2, 0.25) is 0 Å². The van der Waals surface area contributed by atoms with Crippen LogP contribution in [0.4, 0.5) is 6.01 Å². The molecule has 0 spiro atoms. The predicted octanol–water partition coefficient (Wildman–Crippen LogP) is 3.51. The number of nitrogens with zero attached hydrogens (tertiary/aromatic N) is 3. The van der Waals surface area contributed by atoms with E-state index < -0.39 is 0 Å². The molecule has 19 heavy (non-hydrogen) atoms. The number of oxazole rings is 1. The molecule has 5 heteroatoms. The van der Waals surface area contributed by atoms with Crippen LogP contribution in [0.15, 0.2) is 47.0 Å². The lowest BCUT2D eigenvalue weighted by Crippen LogP contribution is -2.17. The van der Waals surface area contributed by atoms with Gasteiger partial charge in [-0.2, -0.15) is 4.98 Å². The first kappa shape index (κ1) is 12.0. The number of pyridine rings is 1. The van der Waals surface area contributed by atoms with Gasteiger partial charge in [0.1, 0.15) is 5.52 Å². The molecule has 0 saturated heterocycles. The minimum Gasteiger partial charge on any atom is -0.423 e. The van der Waals surface area contributed by atoms with E-state index >= 15 is 0 Å². The van der Waals surface area contributed by atoms with Crippen molar-refractivity contribution in [2.75, 3.05) is 11.9 Å². The zero-order valence-electron chi connectivity index (χ0n) is 10.4. The van der Waals surface area contributed by atoms with Gasteiger partial charge in [0, 0.05) is 18.3 Å². The van der Waals surface area contributed by atoms with Gasteiger partial charge in [0.25, 0.3) is 6.01 Å². The van der Waals surface area contributed by atoms with Crippen LogP contribution in [0.2, 0.25) is 5.02 Å². The second kappa shape index (κ2) is 4.90. The first-order valence-electron chi connectivity index (χ1n) is 5.89. The maximum Gasteiger partial charge on any atom is 0.298 e. The van der Waals surface area contributed by atoms with Crippen LogP contribution >= 0.6 is 11.6 Å². The monoisotopic (exact) mass is 273 g/mol. The van der Waals surface area contributed by atoms with Crippen LogP contribution in [0.1, 0.15) is 5.69 Å². The standard InChI is InChI=1S/C14H12ClN3O/c1-18(9-11-4-2-3-7-16-11)14-17-12-8-10(15)5-6-13(12)19-14/h2-8H,9H2,1H3. The zero-order valence-corrected chi connectivity index (χ0v) is 11.1. The molecule has 0 saturated carbocycles. The third-order valence-corrected chi connectivity index (χ3v) is 3.03. The molecule has 0 amide bonds. The fourth-order valence-corrected chi connectivity index (χ4v) is 2.02. The van der Waals surface area contributed by atoms with E-state index in [0.29, 0.717) is 17.6 Å². The van der Waals surface area contributed by atoms with Crippen molar-refractivity contribution in [1.29, 1.82) is 0 Å². The van der Waals surface area contributed by atoms with Crippen LogP contribution in [0, 0.1) is 0 Å². The molecule has 2 heterocycles. The average molecular weight is 274 g/mol. The molecule has 1 aromatic carbocycles. The summed E-state index contributed by atoms with van der Waals surface area (Å²) >= 11 is 5.93. The molecule has 0 radical (unpaired) electrons. The van der Waals surface area contributed by atoms with E-state index in [4.69, 9.17) is 16.0 Å². The first-order chi connectivity index (χ1) is 9.22. The Morgan fingerprint density at radius 3 is 2.95 bits per heavy atom. The number of rotatable bonds is 3. The number of fused-ring (bicyclic) bond motifs is 1. The van der Waals surface area contributed by atoms with Gasteiger partial charge in [-0.15, -0.1) is 0 Å². The lowest BCUT2D eigenvalue weighted by molar-refractivity contribution is 0.581. The lowest BCUT2D eigenvalue weighted by Gasteiger charge is -2.13. The third-order valence-electron chi connectivity index (χ3n) is 2.79. The molecule has 0 N–H and O–H groups in total. The molecule has 3 rings (SSSR count). The molecule has 2 aromatic heterocycles. The summed E-state index contributed by atoms with van der Waals surface area (Å²) in [4.78, 5) is 10.6. The molecule has 0 aliphatic carbocycles. The molecular formula is C14H12ClN3O. The lowest BCUT2D eigenvalue weighted by atomic mass is 10.3. The molecule has 0 aliphatic heterocycles. The normalized spacial score (nSPS) is 10.8. The van der Waals surface area contributed by atoms with Crippen molar-refractivity contribution >= 4 is 28.7 Å². The molecule has 4 nitrogen and oxygen atoms in total. The van der Waals surface area contributed by atoms with Crippen LogP contribution in [-0.2, 0) is 6.54 Å². The van der Waals surface area contributed by atoms with E-state index in [9.17, 15) is 0 Å². The number of hydrogen-bond donors (Lipinski definition) is 0. The summed E-state index contributed by atoms with van der Waals surface area (Å²) in [5, 5.41) is 0.653. The van der Waals surface area contributed by atoms with E-state index in [1.807, 2.05) is 36.2 Å². The summed E-state index contributed by atoms with van der Waals surface area (Å²) in [6.45, 7) is 0.640. The summed E-state index contributed by atoms with van der Waals surface area (Å²) in [6.07, 6.45) is 1.77. The number of halogens is 1. The average Bonchev–Trinajstić information content (AvgIpc) is 2.83. The highest BCUT2D eigenvalue weighted by molar-refractivity contribution is 6.31. The predicted molar refractivity (Wildman–Crippen MR) is 75.4 cm³/mol. The SMILES string of the molecule is CN(Cc1ccccn1)c1nc2cc(Cl)ccc2o1. The quantitative estimate of drug-likeness (QED) is 0.732. The molecule has 96 valence electrons. The number of benzene rings is 1. The molecule has 0 bridgehead atoms. The molecule has 0 aliphatic rings. The van der Waals surface area contributed by atoms with Gasteiger partial charge >= 0.3 is 0 Å². The largest absolute Gasteiger partial charge is 0.423 e. The Labute approximate surface area is 115 Å². The van der Waals surface area contributed by atoms with Gasteiger partial charge < -0.3 is 9.32 Å². The smallest absolute Gasteiger partial charge is 0.298 e. The van der Waals surface area contributed by atoms with Crippen molar-refractivity contribution in [1.82, 2.24) is 9.97 Å². The summed E-state index contributed by atoms with van der Waals surface area (Å²) in [7, 11) is 1.92. The summed E-state index contributed by atoms with van der Waals surface area (Å²) in [5.41, 5.74) is 2.45. The summed E-state index contributed by atoms with van der Waals surface area (Å²) < 4.78 is 5.69. The molecule has 3 aromatic rings. The molecule has 0 fully saturated rings. The van der Waals surface area contributed by atoms with Crippen molar-refractivity contribution in [3.05, 3.63) is 53.3 Å². The number of anilines is 1. The fourth-order valence-electron chi connectivity index (χ4n) is 1.85. The highest BCUT2D eigenvalue weighted by atomic mass is 35.5. The van der Waals surface area contributed by atoms with Crippen molar-refractivity contribution in [3.8, 4) is 0 Å². The highest BCUT2D eigenvalue weighted by Crippen LogP contribution is 2.24. The Kier molecular flexibility index (Phi) is 3.09. The van der Waals surface area contributed by atoms with Crippen LogP contribution in [0.25, 0.3) is 11.1 Å². The Morgan fingerprint density at radius 2 is 2.16 bits per heavy atom. The van der Waals surface area contributed by atoms with Crippen molar-refractivity contribution in [2.24, 2.45) is 0 Å². The topological polar surface area (TPSA) is 42.2 Å². The maximum atomic E-state index is 5.93. The number of hydrogen-bond acceptors (Lipinski definition) is 4. The van der Waals surface area contributed by atoms with Crippen molar-refractivity contribution in [2.45, 2.75) is 6.54 Å². The molecular weight excluding hydrogens is 262 g/mol. The summed E-state index contributed by atoms with van der Waals surface area (Å²) in [6, 6.07) is 11.8. The second-order valence-corrected chi connectivity index (χ2v) is 4.72. The van der Waals surface area contributed by atoms with Gasteiger partial charge in [0.15, 0.2) is 5.58 Å². The highest BCUT2D eigenvalue weighted by Gasteiger charge is 2.11. The molecule has 0 atom stereocenters. The minimum atomic E-state index is 0.558. The Balaban J connectivity index is 1.87. The van der Waals surface area contributed by atoms with Crippen LogP contribution in [0.3, 0.4) is 0 Å². The van der Waals surface area contributed by atoms with Crippen molar-refractivity contribution in [3.63, 3.8) is 0 Å². The Hall–Kier alpha value is -2.07. The van der Waals surface area contributed by atoms with Crippen LogP contribution < -0.4 is 4.90 Å². The summed E-state index contributed by atoms with van der Waals surface area (Å²) in [5.74, 6) is 0. The first-order valence-corrected chi connectivity index (χ1v) is 6.27. The van der Waals surface area contributed by atoms with Crippen LogP contribution in [-0.4, -0.2) is 17.0 Å². The van der Waals surface area contributed by atoms with E-state index in [0.717, 1.165) is 16.8 Å². The van der Waals surface area contributed by atoms with E-state index in [1.165, 1.54) is 0 Å². The third kappa shape index (κ3) is 2.53. The maximum absolute atomic E-state index is 5.93. The van der Waals surface area contributed by atoms with Gasteiger partial charge in [-0.1, -0.05) is 17.7 Å². The zero-order chi connectivity index (χ0) is 13.2. The van der Waals surface area contributed by atoms with Crippen molar-refractivity contribution < 1.29 is 4.42 Å². The van der Waals surface area contributed by atoms with Crippen LogP contribution in [0.5, 0.6) is 0 Å². The van der Waals surface area contributed by atoms with Gasteiger partial charge in [-0.25, -0.2) is 0 Å². The Bertz CT molecular complexity index is 696. The Morgan fingerprint density at radius 1 is 1.26 bits per heavy atom. The molecule has 0 unspecified atom stereocenters. The van der Waals surface area contributed by atoms with Gasteiger partial charge in [-0.3, -0.25) is 4.98 Å². The van der Waals surface area contributed by atoms with Gasteiger partial charge in [0.05, 0.1) is 12.2 Å².